The van der Waals surface area contributed by atoms with Gasteiger partial charge in [0, 0.05) is 35.9 Å². The van der Waals surface area contributed by atoms with Crippen LogP contribution in [0.25, 0.3) is 0 Å². The summed E-state index contributed by atoms with van der Waals surface area (Å²) in [5.74, 6) is -0.240. The lowest BCUT2D eigenvalue weighted by Gasteiger charge is -2.06. The van der Waals surface area contributed by atoms with Crippen LogP contribution in [0.3, 0.4) is 0 Å². The zero-order chi connectivity index (χ0) is 12.3. The van der Waals surface area contributed by atoms with Crippen LogP contribution < -0.4 is 11.1 Å². The van der Waals surface area contributed by atoms with Gasteiger partial charge in [0.2, 0.25) is 0 Å². The summed E-state index contributed by atoms with van der Waals surface area (Å²) in [5, 5.41) is 9.21. The molecule has 2 aromatic heterocycles. The van der Waals surface area contributed by atoms with Crippen LogP contribution in [0.2, 0.25) is 0 Å². The quantitative estimate of drug-likeness (QED) is 0.721. The first kappa shape index (κ1) is 11.1. The zero-order valence-corrected chi connectivity index (χ0v) is 9.40. The van der Waals surface area contributed by atoms with Crippen molar-refractivity contribution in [2.75, 3.05) is 5.73 Å². The van der Waals surface area contributed by atoms with Gasteiger partial charge in [-0.05, 0) is 13.0 Å². The number of anilines is 1. The van der Waals surface area contributed by atoms with Crippen molar-refractivity contribution < 1.29 is 4.79 Å². The summed E-state index contributed by atoms with van der Waals surface area (Å²) in [7, 11) is 0. The fourth-order valence-electron chi connectivity index (χ4n) is 1.42. The van der Waals surface area contributed by atoms with Crippen molar-refractivity contribution in [3.63, 3.8) is 0 Å². The third-order valence-corrected chi connectivity index (χ3v) is 2.33. The summed E-state index contributed by atoms with van der Waals surface area (Å²) in [4.78, 5) is 15.9. The molecule has 0 aromatic carbocycles. The molecular weight excluding hydrogens is 218 g/mol. The Morgan fingerprint density at radius 1 is 1.53 bits per heavy atom. The number of rotatable bonds is 3. The van der Waals surface area contributed by atoms with Crippen LogP contribution >= 0.6 is 0 Å². The van der Waals surface area contributed by atoms with Crippen molar-refractivity contribution in [1.29, 1.82) is 0 Å². The number of carbonyl (C=O) groups is 1. The van der Waals surface area contributed by atoms with Crippen molar-refractivity contribution in [3.05, 3.63) is 41.5 Å². The van der Waals surface area contributed by atoms with Crippen LogP contribution in [0.5, 0.6) is 0 Å². The minimum atomic E-state index is -0.240. The number of hydrogen-bond acceptors (Lipinski definition) is 4. The molecule has 2 aromatic rings. The highest BCUT2D eigenvalue weighted by atomic mass is 16.1. The molecule has 2 heterocycles. The number of nitrogens with two attached hydrogens (primary N) is 1. The normalized spacial score (nSPS) is 10.2. The van der Waals surface area contributed by atoms with Crippen LogP contribution in [-0.4, -0.2) is 21.1 Å². The summed E-state index contributed by atoms with van der Waals surface area (Å²) >= 11 is 0. The molecule has 6 heteroatoms. The molecular formula is C11H13N5O. The minimum Gasteiger partial charge on any atom is -0.398 e. The van der Waals surface area contributed by atoms with Crippen molar-refractivity contribution in [1.82, 2.24) is 20.5 Å². The van der Waals surface area contributed by atoms with Crippen molar-refractivity contribution in [2.24, 2.45) is 0 Å². The SMILES string of the molecule is Cc1cc(N)c(C(=O)NCc2cn[nH]c2)cn1. The Balaban J connectivity index is 2.04. The molecule has 0 saturated heterocycles. The standard InChI is InChI=1S/C11H13N5O/c1-7-2-10(12)9(6-13-7)11(17)14-3-8-4-15-16-5-8/h2,4-6H,3H2,1H3,(H2,12,13)(H,14,17)(H,15,16). The molecule has 0 bridgehead atoms. The molecule has 0 aliphatic rings. The number of carbonyl (C=O) groups excluding carboxylic acids is 1. The second-order valence-corrected chi connectivity index (χ2v) is 3.70. The number of H-pyrrole nitrogens is 1. The fourth-order valence-corrected chi connectivity index (χ4v) is 1.42. The molecule has 0 atom stereocenters. The van der Waals surface area contributed by atoms with Crippen LogP contribution in [0.1, 0.15) is 21.6 Å². The van der Waals surface area contributed by atoms with E-state index in [-0.39, 0.29) is 5.91 Å². The first-order valence-electron chi connectivity index (χ1n) is 5.15. The smallest absolute Gasteiger partial charge is 0.255 e. The Hall–Kier alpha value is -2.37. The molecule has 0 fully saturated rings. The van der Waals surface area contributed by atoms with E-state index in [1.165, 1.54) is 6.20 Å². The molecule has 1 amide bonds. The van der Waals surface area contributed by atoms with Gasteiger partial charge in [-0.2, -0.15) is 5.10 Å². The molecule has 0 aliphatic heterocycles. The van der Waals surface area contributed by atoms with E-state index in [0.29, 0.717) is 17.8 Å². The molecule has 0 unspecified atom stereocenters. The van der Waals surface area contributed by atoms with Gasteiger partial charge in [0.1, 0.15) is 0 Å². The Labute approximate surface area is 98.3 Å². The molecule has 0 spiro atoms. The highest BCUT2D eigenvalue weighted by Gasteiger charge is 2.10. The highest BCUT2D eigenvalue weighted by Crippen LogP contribution is 2.11. The third-order valence-electron chi connectivity index (χ3n) is 2.33. The summed E-state index contributed by atoms with van der Waals surface area (Å²) in [6.45, 7) is 2.23. The van der Waals surface area contributed by atoms with Crippen molar-refractivity contribution in [3.8, 4) is 0 Å². The Kier molecular flexibility index (Phi) is 3.04. The number of hydrogen-bond donors (Lipinski definition) is 3. The fraction of sp³-hybridized carbons (Fsp3) is 0.182. The van der Waals surface area contributed by atoms with Gasteiger partial charge in [0.15, 0.2) is 0 Å². The van der Waals surface area contributed by atoms with Crippen LogP contribution in [0.4, 0.5) is 5.69 Å². The summed E-state index contributed by atoms with van der Waals surface area (Å²) in [6, 6.07) is 1.67. The lowest BCUT2D eigenvalue weighted by atomic mass is 10.2. The van der Waals surface area contributed by atoms with E-state index in [0.717, 1.165) is 11.3 Å². The predicted molar refractivity (Wildman–Crippen MR) is 63.1 cm³/mol. The molecule has 0 saturated carbocycles. The first-order chi connectivity index (χ1) is 8.16. The maximum absolute atomic E-state index is 11.8. The van der Waals surface area contributed by atoms with Gasteiger partial charge in [0.25, 0.3) is 5.91 Å². The van der Waals surface area contributed by atoms with Gasteiger partial charge in [-0.25, -0.2) is 0 Å². The molecule has 0 aliphatic carbocycles. The largest absolute Gasteiger partial charge is 0.398 e. The Bertz CT molecular complexity index is 521. The predicted octanol–water partition coefficient (Wildman–Crippen LogP) is 0.625. The summed E-state index contributed by atoms with van der Waals surface area (Å²) in [6.07, 6.45) is 4.85. The zero-order valence-electron chi connectivity index (χ0n) is 9.40. The van der Waals surface area contributed by atoms with E-state index >= 15 is 0 Å². The van der Waals surface area contributed by atoms with E-state index in [1.807, 2.05) is 6.92 Å². The van der Waals surface area contributed by atoms with Gasteiger partial charge >= 0.3 is 0 Å². The monoisotopic (exact) mass is 231 g/mol. The number of pyridine rings is 1. The Morgan fingerprint density at radius 2 is 2.35 bits per heavy atom. The number of nitrogens with one attached hydrogen (secondary N) is 2. The van der Waals surface area contributed by atoms with Gasteiger partial charge in [-0.15, -0.1) is 0 Å². The number of amides is 1. The number of aromatic nitrogens is 3. The Morgan fingerprint density at radius 3 is 3.00 bits per heavy atom. The lowest BCUT2D eigenvalue weighted by molar-refractivity contribution is 0.0951. The molecule has 2 rings (SSSR count). The first-order valence-corrected chi connectivity index (χ1v) is 5.15. The average molecular weight is 231 g/mol. The molecule has 4 N–H and O–H groups in total. The van der Waals surface area contributed by atoms with E-state index in [9.17, 15) is 4.79 Å². The molecule has 0 radical (unpaired) electrons. The van der Waals surface area contributed by atoms with E-state index < -0.39 is 0 Å². The molecule has 6 nitrogen and oxygen atoms in total. The number of nitrogen functional groups attached to an aromatic ring is 1. The van der Waals surface area contributed by atoms with Gasteiger partial charge in [0.05, 0.1) is 11.8 Å². The second kappa shape index (κ2) is 4.65. The van der Waals surface area contributed by atoms with Crippen LogP contribution in [-0.2, 0) is 6.54 Å². The number of aryl methyl sites for hydroxylation is 1. The van der Waals surface area contributed by atoms with Crippen LogP contribution in [0, 0.1) is 6.92 Å². The summed E-state index contributed by atoms with van der Waals surface area (Å²) in [5.41, 5.74) is 8.26. The number of nitrogens with zero attached hydrogens (tertiary/aromatic N) is 2. The molecule has 88 valence electrons. The average Bonchev–Trinajstić information content (AvgIpc) is 2.78. The van der Waals surface area contributed by atoms with E-state index in [2.05, 4.69) is 20.5 Å². The molecule has 17 heavy (non-hydrogen) atoms. The van der Waals surface area contributed by atoms with Crippen molar-refractivity contribution in [2.45, 2.75) is 13.5 Å². The summed E-state index contributed by atoms with van der Waals surface area (Å²) < 4.78 is 0. The second-order valence-electron chi connectivity index (χ2n) is 3.70. The topological polar surface area (TPSA) is 96.7 Å². The maximum atomic E-state index is 11.8. The van der Waals surface area contributed by atoms with Gasteiger partial charge in [-0.1, -0.05) is 0 Å². The minimum absolute atomic E-state index is 0.240. The third kappa shape index (κ3) is 2.60. The lowest BCUT2D eigenvalue weighted by Crippen LogP contribution is -2.23. The van der Waals surface area contributed by atoms with Crippen molar-refractivity contribution >= 4 is 11.6 Å². The van der Waals surface area contributed by atoms with Gasteiger partial charge in [-0.3, -0.25) is 14.9 Å². The van der Waals surface area contributed by atoms with E-state index in [4.69, 9.17) is 5.73 Å². The number of aromatic amines is 1. The van der Waals surface area contributed by atoms with E-state index in [1.54, 1.807) is 18.5 Å². The van der Waals surface area contributed by atoms with Crippen LogP contribution in [0.15, 0.2) is 24.7 Å². The highest BCUT2D eigenvalue weighted by molar-refractivity contribution is 5.98. The maximum Gasteiger partial charge on any atom is 0.255 e. The van der Waals surface area contributed by atoms with Gasteiger partial charge < -0.3 is 11.1 Å².